The van der Waals surface area contributed by atoms with E-state index in [4.69, 9.17) is 22.1 Å². The van der Waals surface area contributed by atoms with Crippen LogP contribution in [0.4, 0.5) is 5.69 Å². The molecule has 126 valence electrons. The Balaban J connectivity index is 0.00000264. The first kappa shape index (κ1) is 20.1. The number of hydrogen-bond donors (Lipinski definition) is 2. The molecule has 1 heterocycles. The molecule has 0 spiro atoms. The van der Waals surface area contributed by atoms with Crippen LogP contribution in [0.25, 0.3) is 0 Å². The predicted octanol–water partition coefficient (Wildman–Crippen LogP) is 4.63. The number of methoxy groups -OCH3 is 1. The third kappa shape index (κ3) is 6.56. The van der Waals surface area contributed by atoms with Gasteiger partial charge in [0.05, 0.1) is 12.1 Å². The summed E-state index contributed by atoms with van der Waals surface area (Å²) in [6, 6.07) is 9.61. The minimum absolute atomic E-state index is 0. The van der Waals surface area contributed by atoms with Gasteiger partial charge >= 0.3 is 0 Å². The summed E-state index contributed by atoms with van der Waals surface area (Å²) in [5.74, 6) is 1.46. The molecule has 0 aliphatic rings. The van der Waals surface area contributed by atoms with Gasteiger partial charge in [0.15, 0.2) is 5.96 Å². The maximum absolute atomic E-state index is 6.08. The lowest BCUT2D eigenvalue weighted by Crippen LogP contribution is -2.23. The van der Waals surface area contributed by atoms with Gasteiger partial charge in [-0.25, -0.2) is 0 Å². The number of nitrogens with one attached hydrogen (secondary N) is 1. The lowest BCUT2D eigenvalue weighted by atomic mass is 10.1. The van der Waals surface area contributed by atoms with Crippen molar-refractivity contribution in [1.82, 2.24) is 0 Å². The summed E-state index contributed by atoms with van der Waals surface area (Å²) in [5.41, 5.74) is 6.70. The van der Waals surface area contributed by atoms with E-state index in [2.05, 4.69) is 34.7 Å². The fraction of sp³-hybridized carbons (Fsp3) is 0.312. The third-order valence-corrected chi connectivity index (χ3v) is 4.32. The van der Waals surface area contributed by atoms with Crippen LogP contribution in [0.2, 0.25) is 5.02 Å². The van der Waals surface area contributed by atoms with Crippen LogP contribution >= 0.6 is 46.9 Å². The highest BCUT2D eigenvalue weighted by Crippen LogP contribution is 2.27. The van der Waals surface area contributed by atoms with Crippen LogP contribution < -0.4 is 15.8 Å². The van der Waals surface area contributed by atoms with Crippen molar-refractivity contribution in [3.63, 3.8) is 0 Å². The minimum Gasteiger partial charge on any atom is -0.495 e. The Morgan fingerprint density at radius 3 is 2.83 bits per heavy atom. The summed E-state index contributed by atoms with van der Waals surface area (Å²) in [7, 11) is 1.58. The summed E-state index contributed by atoms with van der Waals surface area (Å²) in [5, 5.41) is 5.66. The molecule has 0 bridgehead atoms. The minimum atomic E-state index is 0. The molecule has 4 nitrogen and oxygen atoms in total. The Labute approximate surface area is 163 Å². The van der Waals surface area contributed by atoms with Crippen molar-refractivity contribution in [3.8, 4) is 5.75 Å². The third-order valence-electron chi connectivity index (χ3n) is 3.13. The molecule has 2 aromatic rings. The first-order chi connectivity index (χ1) is 10.6. The van der Waals surface area contributed by atoms with Crippen LogP contribution in [0.1, 0.15) is 11.8 Å². The van der Waals surface area contributed by atoms with E-state index < -0.39 is 0 Å². The molecule has 1 atom stereocenters. The average molecular weight is 466 g/mol. The Morgan fingerprint density at radius 1 is 1.43 bits per heavy atom. The number of benzene rings is 1. The SMILES string of the molecule is COc1ccc(NC(N)=NCC(C)Cc2cccs2)cc1Cl.I. The van der Waals surface area contributed by atoms with E-state index in [1.807, 2.05) is 6.07 Å². The molecule has 0 saturated carbocycles. The van der Waals surface area contributed by atoms with Crippen LogP contribution in [-0.2, 0) is 6.42 Å². The molecule has 3 N–H and O–H groups in total. The van der Waals surface area contributed by atoms with Gasteiger partial charge in [0.1, 0.15) is 5.75 Å². The highest BCUT2D eigenvalue weighted by Gasteiger charge is 2.05. The summed E-state index contributed by atoms with van der Waals surface area (Å²) >= 11 is 7.85. The van der Waals surface area contributed by atoms with E-state index in [9.17, 15) is 0 Å². The van der Waals surface area contributed by atoms with E-state index in [-0.39, 0.29) is 24.0 Å². The Kier molecular flexibility index (Phi) is 8.72. The standard InChI is InChI=1S/C16H20ClN3OS.HI/c1-11(8-13-4-3-7-22-13)10-19-16(18)20-12-5-6-15(21-2)14(17)9-12;/h3-7,9,11H,8,10H2,1-2H3,(H3,18,19,20);1H. The molecule has 23 heavy (non-hydrogen) atoms. The summed E-state index contributed by atoms with van der Waals surface area (Å²) in [4.78, 5) is 5.76. The topological polar surface area (TPSA) is 59.6 Å². The molecule has 7 heteroatoms. The summed E-state index contributed by atoms with van der Waals surface area (Å²) in [6.45, 7) is 2.85. The van der Waals surface area contributed by atoms with E-state index in [0.717, 1.165) is 12.1 Å². The second-order valence-electron chi connectivity index (χ2n) is 5.09. The van der Waals surface area contributed by atoms with Crippen molar-refractivity contribution in [1.29, 1.82) is 0 Å². The molecular formula is C16H21ClIN3OS. The quantitative estimate of drug-likeness (QED) is 0.371. The summed E-state index contributed by atoms with van der Waals surface area (Å²) < 4.78 is 5.11. The van der Waals surface area contributed by atoms with E-state index in [1.165, 1.54) is 4.88 Å². The van der Waals surface area contributed by atoms with Gasteiger partial charge in [0.2, 0.25) is 0 Å². The number of thiophene rings is 1. The molecular weight excluding hydrogens is 445 g/mol. The second-order valence-corrected chi connectivity index (χ2v) is 6.53. The maximum atomic E-state index is 6.08. The number of guanidine groups is 1. The van der Waals surface area contributed by atoms with Crippen molar-refractivity contribution in [3.05, 3.63) is 45.6 Å². The number of halogens is 2. The molecule has 2 rings (SSSR count). The first-order valence-corrected chi connectivity index (χ1v) is 8.27. The van der Waals surface area contributed by atoms with Gasteiger partial charge in [-0.1, -0.05) is 24.6 Å². The molecule has 0 fully saturated rings. The van der Waals surface area contributed by atoms with E-state index in [1.54, 1.807) is 30.6 Å². The highest BCUT2D eigenvalue weighted by atomic mass is 127. The molecule has 1 unspecified atom stereocenters. The Hall–Kier alpha value is -0.990. The van der Waals surface area contributed by atoms with Crippen molar-refractivity contribution in [2.75, 3.05) is 19.0 Å². The maximum Gasteiger partial charge on any atom is 0.193 e. The Bertz CT molecular complexity index is 634. The number of ether oxygens (including phenoxy) is 1. The molecule has 0 aliphatic heterocycles. The fourth-order valence-corrected chi connectivity index (χ4v) is 3.15. The normalized spacial score (nSPS) is 12.4. The second kappa shape index (κ2) is 10.00. The van der Waals surface area contributed by atoms with Crippen molar-refractivity contribution < 1.29 is 4.74 Å². The van der Waals surface area contributed by atoms with Gasteiger partial charge in [0.25, 0.3) is 0 Å². The number of hydrogen-bond acceptors (Lipinski definition) is 3. The predicted molar refractivity (Wildman–Crippen MR) is 111 cm³/mol. The average Bonchev–Trinajstić information content (AvgIpc) is 2.98. The number of nitrogens with two attached hydrogens (primary N) is 1. The van der Waals surface area contributed by atoms with E-state index in [0.29, 0.717) is 29.2 Å². The zero-order chi connectivity index (χ0) is 15.9. The van der Waals surface area contributed by atoms with Crippen LogP contribution in [0.15, 0.2) is 40.7 Å². The highest BCUT2D eigenvalue weighted by molar-refractivity contribution is 14.0. The van der Waals surface area contributed by atoms with Gasteiger partial charge in [-0.2, -0.15) is 0 Å². The molecule has 0 amide bonds. The van der Waals surface area contributed by atoms with Crippen LogP contribution in [0.5, 0.6) is 5.75 Å². The van der Waals surface area contributed by atoms with Gasteiger partial charge in [0, 0.05) is 17.1 Å². The zero-order valence-corrected chi connectivity index (χ0v) is 17.0. The zero-order valence-electron chi connectivity index (χ0n) is 13.1. The van der Waals surface area contributed by atoms with Crippen LogP contribution in [0, 0.1) is 5.92 Å². The fourth-order valence-electron chi connectivity index (χ4n) is 2.02. The smallest absolute Gasteiger partial charge is 0.193 e. The van der Waals surface area contributed by atoms with Gasteiger partial charge in [-0.3, -0.25) is 4.99 Å². The first-order valence-electron chi connectivity index (χ1n) is 7.01. The largest absolute Gasteiger partial charge is 0.495 e. The van der Waals surface area contributed by atoms with Crippen molar-refractivity contribution >= 4 is 58.6 Å². The van der Waals surface area contributed by atoms with Crippen molar-refractivity contribution in [2.45, 2.75) is 13.3 Å². The molecule has 0 aliphatic carbocycles. The van der Waals surface area contributed by atoms with Gasteiger partial charge < -0.3 is 15.8 Å². The number of aliphatic imine (C=N–C) groups is 1. The lowest BCUT2D eigenvalue weighted by Gasteiger charge is -2.10. The van der Waals surface area contributed by atoms with E-state index >= 15 is 0 Å². The molecule has 0 saturated heterocycles. The summed E-state index contributed by atoms with van der Waals surface area (Å²) in [6.07, 6.45) is 1.02. The lowest BCUT2D eigenvalue weighted by molar-refractivity contribution is 0.415. The van der Waals surface area contributed by atoms with Gasteiger partial charge in [-0.05, 0) is 42.0 Å². The molecule has 1 aromatic heterocycles. The van der Waals surface area contributed by atoms with Crippen LogP contribution in [-0.4, -0.2) is 19.6 Å². The van der Waals surface area contributed by atoms with Crippen molar-refractivity contribution in [2.24, 2.45) is 16.6 Å². The number of rotatable bonds is 6. The molecule has 1 aromatic carbocycles. The van der Waals surface area contributed by atoms with Gasteiger partial charge in [-0.15, -0.1) is 35.3 Å². The monoisotopic (exact) mass is 465 g/mol. The Morgan fingerprint density at radius 2 is 2.22 bits per heavy atom. The number of anilines is 1. The number of nitrogens with zero attached hydrogens (tertiary/aromatic N) is 1. The molecule has 0 radical (unpaired) electrons. The van der Waals surface area contributed by atoms with Crippen LogP contribution in [0.3, 0.4) is 0 Å².